The van der Waals surface area contributed by atoms with Crippen molar-refractivity contribution in [1.82, 2.24) is 0 Å². The molecule has 1 aliphatic heterocycles. The Morgan fingerprint density at radius 3 is 2.61 bits per heavy atom. The van der Waals surface area contributed by atoms with E-state index >= 15 is 0 Å². The zero-order valence-electron chi connectivity index (χ0n) is 11.9. The van der Waals surface area contributed by atoms with Crippen LogP contribution in [0.4, 0.5) is 0 Å². The van der Waals surface area contributed by atoms with Gasteiger partial charge in [0.1, 0.15) is 0 Å². The van der Waals surface area contributed by atoms with Crippen molar-refractivity contribution in [3.05, 3.63) is 46.4 Å². The van der Waals surface area contributed by atoms with Crippen molar-refractivity contribution in [1.29, 1.82) is 0 Å². The van der Waals surface area contributed by atoms with Crippen molar-refractivity contribution in [3.63, 3.8) is 0 Å². The lowest BCUT2D eigenvalue weighted by Crippen LogP contribution is -2.13. The van der Waals surface area contributed by atoms with E-state index in [1.165, 1.54) is 6.42 Å². The number of allylic oxidation sites excluding steroid dienone is 1. The molecule has 0 saturated heterocycles. The van der Waals surface area contributed by atoms with Crippen molar-refractivity contribution in [2.24, 2.45) is 5.92 Å². The SMILES string of the molecule is CC(C)c1cccc2c1C(C(C)C)C/C=C\SC2. The second-order valence-corrected chi connectivity index (χ2v) is 6.74. The zero-order valence-corrected chi connectivity index (χ0v) is 12.8. The first-order valence-electron chi connectivity index (χ1n) is 6.99. The highest BCUT2D eigenvalue weighted by Crippen LogP contribution is 2.39. The molecule has 1 heteroatoms. The van der Waals surface area contributed by atoms with Crippen molar-refractivity contribution >= 4 is 11.8 Å². The Hall–Kier alpha value is -0.690. The first-order valence-corrected chi connectivity index (χ1v) is 8.04. The van der Waals surface area contributed by atoms with Crippen LogP contribution in [0.1, 0.15) is 62.6 Å². The summed E-state index contributed by atoms with van der Waals surface area (Å²) in [6.07, 6.45) is 3.54. The second kappa shape index (κ2) is 5.97. The van der Waals surface area contributed by atoms with Crippen molar-refractivity contribution in [3.8, 4) is 0 Å². The Balaban J connectivity index is 2.54. The smallest absolute Gasteiger partial charge is 0.0228 e. The fourth-order valence-electron chi connectivity index (χ4n) is 2.85. The van der Waals surface area contributed by atoms with Gasteiger partial charge in [0.2, 0.25) is 0 Å². The van der Waals surface area contributed by atoms with Gasteiger partial charge in [-0.1, -0.05) is 52.0 Å². The molecule has 0 fully saturated rings. The van der Waals surface area contributed by atoms with Crippen LogP contribution in [0.15, 0.2) is 29.7 Å². The highest BCUT2D eigenvalue weighted by Gasteiger charge is 2.23. The average Bonchev–Trinajstić information content (AvgIpc) is 2.28. The molecule has 0 amide bonds. The number of thioether (sulfide) groups is 1. The van der Waals surface area contributed by atoms with Gasteiger partial charge in [-0.25, -0.2) is 0 Å². The molecule has 0 spiro atoms. The third-order valence-corrected chi connectivity index (χ3v) is 4.71. The molecule has 0 aliphatic carbocycles. The van der Waals surface area contributed by atoms with Gasteiger partial charge in [-0.05, 0) is 46.3 Å². The molecule has 0 saturated carbocycles. The van der Waals surface area contributed by atoms with E-state index in [1.54, 1.807) is 16.7 Å². The van der Waals surface area contributed by atoms with E-state index in [0.29, 0.717) is 17.8 Å². The van der Waals surface area contributed by atoms with Crippen LogP contribution in [0, 0.1) is 5.92 Å². The Kier molecular flexibility index (Phi) is 4.55. The summed E-state index contributed by atoms with van der Waals surface area (Å²) in [6.45, 7) is 9.34. The van der Waals surface area contributed by atoms with E-state index in [2.05, 4.69) is 57.4 Å². The lowest BCUT2D eigenvalue weighted by atomic mass is 9.78. The van der Waals surface area contributed by atoms with Gasteiger partial charge in [0, 0.05) is 5.75 Å². The molecule has 2 rings (SSSR count). The number of hydrogen-bond donors (Lipinski definition) is 0. The maximum atomic E-state index is 2.36. The van der Waals surface area contributed by atoms with Crippen molar-refractivity contribution < 1.29 is 0 Å². The lowest BCUT2D eigenvalue weighted by molar-refractivity contribution is 0.494. The Morgan fingerprint density at radius 1 is 1.17 bits per heavy atom. The van der Waals surface area contributed by atoms with Crippen LogP contribution in [0.25, 0.3) is 0 Å². The summed E-state index contributed by atoms with van der Waals surface area (Å²) in [5, 5.41) is 2.28. The van der Waals surface area contributed by atoms with Gasteiger partial charge in [0.15, 0.2) is 0 Å². The molecular weight excluding hydrogens is 236 g/mol. The Morgan fingerprint density at radius 2 is 1.94 bits per heavy atom. The zero-order chi connectivity index (χ0) is 13.1. The standard InChI is InChI=1S/C17H24S/c1-12(2)15-8-5-7-14-11-18-10-6-9-16(13(3)4)17(14)15/h5-8,10,12-13,16H,9,11H2,1-4H3/b10-6-. The highest BCUT2D eigenvalue weighted by molar-refractivity contribution is 8.01. The molecular formula is C17H24S. The van der Waals surface area contributed by atoms with Crippen LogP contribution in [-0.2, 0) is 5.75 Å². The molecule has 18 heavy (non-hydrogen) atoms. The maximum Gasteiger partial charge on any atom is 0.0228 e. The van der Waals surface area contributed by atoms with Crippen molar-refractivity contribution in [2.75, 3.05) is 0 Å². The van der Waals surface area contributed by atoms with Crippen LogP contribution in [0.3, 0.4) is 0 Å². The maximum absolute atomic E-state index is 2.36. The first-order chi connectivity index (χ1) is 8.61. The predicted octanol–water partition coefficient (Wildman–Crippen LogP) is 5.70. The topological polar surface area (TPSA) is 0 Å². The highest BCUT2D eigenvalue weighted by atomic mass is 32.2. The van der Waals surface area contributed by atoms with Gasteiger partial charge in [-0.2, -0.15) is 0 Å². The summed E-state index contributed by atoms with van der Waals surface area (Å²) in [5.41, 5.74) is 4.75. The fraction of sp³-hybridized carbons (Fsp3) is 0.529. The lowest BCUT2D eigenvalue weighted by Gasteiger charge is -2.28. The summed E-state index contributed by atoms with van der Waals surface area (Å²) in [6, 6.07) is 6.88. The van der Waals surface area contributed by atoms with E-state index in [9.17, 15) is 0 Å². The minimum Gasteiger partial charge on any atom is -0.130 e. The molecule has 1 aromatic carbocycles. The largest absolute Gasteiger partial charge is 0.130 e. The molecule has 0 radical (unpaired) electrons. The van der Waals surface area contributed by atoms with E-state index < -0.39 is 0 Å². The predicted molar refractivity (Wildman–Crippen MR) is 83.2 cm³/mol. The van der Waals surface area contributed by atoms with Crippen LogP contribution < -0.4 is 0 Å². The van der Waals surface area contributed by atoms with Crippen LogP contribution >= 0.6 is 11.8 Å². The van der Waals surface area contributed by atoms with Crippen LogP contribution in [-0.4, -0.2) is 0 Å². The summed E-state index contributed by atoms with van der Waals surface area (Å²) < 4.78 is 0. The summed E-state index contributed by atoms with van der Waals surface area (Å²) in [4.78, 5) is 0. The monoisotopic (exact) mass is 260 g/mol. The molecule has 1 aromatic rings. The number of fused-ring (bicyclic) bond motifs is 1. The van der Waals surface area contributed by atoms with Gasteiger partial charge < -0.3 is 0 Å². The number of benzene rings is 1. The second-order valence-electron chi connectivity index (χ2n) is 5.84. The first kappa shape index (κ1) is 13.7. The molecule has 98 valence electrons. The van der Waals surface area contributed by atoms with Gasteiger partial charge in [-0.15, -0.1) is 11.8 Å². The molecule has 0 bridgehead atoms. The normalized spacial score (nSPS) is 21.6. The molecule has 1 heterocycles. The van der Waals surface area contributed by atoms with Gasteiger partial charge in [-0.3, -0.25) is 0 Å². The van der Waals surface area contributed by atoms with E-state index in [0.717, 1.165) is 5.75 Å². The average molecular weight is 260 g/mol. The molecule has 1 atom stereocenters. The van der Waals surface area contributed by atoms with Gasteiger partial charge >= 0.3 is 0 Å². The summed E-state index contributed by atoms with van der Waals surface area (Å²) >= 11 is 1.93. The van der Waals surface area contributed by atoms with Gasteiger partial charge in [0.25, 0.3) is 0 Å². The fourth-order valence-corrected chi connectivity index (χ4v) is 3.62. The molecule has 0 N–H and O–H groups in total. The van der Waals surface area contributed by atoms with Crippen molar-refractivity contribution in [2.45, 2.75) is 51.7 Å². The van der Waals surface area contributed by atoms with Crippen LogP contribution in [0.2, 0.25) is 0 Å². The van der Waals surface area contributed by atoms with Gasteiger partial charge in [0.05, 0.1) is 0 Å². The number of rotatable bonds is 2. The van der Waals surface area contributed by atoms with E-state index in [-0.39, 0.29) is 0 Å². The summed E-state index contributed by atoms with van der Waals surface area (Å²) in [5.74, 6) is 3.12. The molecule has 0 aromatic heterocycles. The number of hydrogen-bond acceptors (Lipinski definition) is 1. The minimum atomic E-state index is 0.620. The molecule has 0 nitrogen and oxygen atoms in total. The third kappa shape index (κ3) is 2.83. The summed E-state index contributed by atoms with van der Waals surface area (Å²) in [7, 11) is 0. The minimum absolute atomic E-state index is 0.620. The Bertz CT molecular complexity index is 429. The van der Waals surface area contributed by atoms with E-state index in [4.69, 9.17) is 0 Å². The molecule has 1 aliphatic rings. The quantitative estimate of drug-likeness (QED) is 0.657. The molecule has 1 unspecified atom stereocenters. The third-order valence-electron chi connectivity index (χ3n) is 3.85. The van der Waals surface area contributed by atoms with E-state index in [1.807, 2.05) is 11.8 Å². The Labute approximate surface area is 116 Å². The van der Waals surface area contributed by atoms with Crippen LogP contribution in [0.5, 0.6) is 0 Å².